The second kappa shape index (κ2) is 6.43. The molecule has 1 aliphatic heterocycles. The van der Waals surface area contributed by atoms with Gasteiger partial charge in [0.2, 0.25) is 5.91 Å². The minimum Gasteiger partial charge on any atom is -0.372 e. The Labute approximate surface area is 124 Å². The SMILES string of the molecule is C=CCNC(=O)c1ccc2c(c1)NC(=O)[C@H](CC(C)C)N2. The lowest BCUT2D eigenvalue weighted by molar-refractivity contribution is -0.117. The molecule has 2 amide bonds. The molecule has 0 aliphatic carbocycles. The Balaban J connectivity index is 2.15. The quantitative estimate of drug-likeness (QED) is 0.728. The van der Waals surface area contributed by atoms with E-state index in [1.807, 2.05) is 6.07 Å². The fraction of sp³-hybridized carbons (Fsp3) is 0.375. The van der Waals surface area contributed by atoms with Gasteiger partial charge in [-0.1, -0.05) is 19.9 Å². The van der Waals surface area contributed by atoms with Gasteiger partial charge in [0.15, 0.2) is 0 Å². The van der Waals surface area contributed by atoms with Crippen LogP contribution in [0, 0.1) is 5.92 Å². The van der Waals surface area contributed by atoms with Crippen LogP contribution >= 0.6 is 0 Å². The third-order valence-electron chi connectivity index (χ3n) is 3.30. The Kier molecular flexibility index (Phi) is 4.62. The third kappa shape index (κ3) is 3.62. The summed E-state index contributed by atoms with van der Waals surface area (Å²) in [5.41, 5.74) is 2.01. The molecule has 0 aromatic heterocycles. The molecule has 0 unspecified atom stereocenters. The maximum atomic E-state index is 12.1. The van der Waals surface area contributed by atoms with E-state index < -0.39 is 0 Å². The van der Waals surface area contributed by atoms with Crippen LogP contribution in [0.1, 0.15) is 30.6 Å². The summed E-state index contributed by atoms with van der Waals surface area (Å²) in [7, 11) is 0. The molecule has 0 saturated heterocycles. The summed E-state index contributed by atoms with van der Waals surface area (Å²) in [6.45, 7) is 8.13. The molecular formula is C16H21N3O2. The van der Waals surface area contributed by atoms with E-state index >= 15 is 0 Å². The lowest BCUT2D eigenvalue weighted by atomic mass is 10.00. The molecule has 1 aromatic carbocycles. The molecule has 0 radical (unpaired) electrons. The van der Waals surface area contributed by atoms with Gasteiger partial charge in [0.05, 0.1) is 11.4 Å². The van der Waals surface area contributed by atoms with Gasteiger partial charge in [0, 0.05) is 12.1 Å². The molecular weight excluding hydrogens is 266 g/mol. The standard InChI is InChI=1S/C16H21N3O2/c1-4-7-17-15(20)11-5-6-12-13(9-11)19-16(21)14(18-12)8-10(2)3/h4-6,9-10,14,18H,1,7-8H2,2-3H3,(H,17,20)(H,19,21)/t14-/m0/s1. The Morgan fingerprint density at radius 1 is 1.43 bits per heavy atom. The molecule has 1 aromatic rings. The Morgan fingerprint density at radius 2 is 2.19 bits per heavy atom. The van der Waals surface area contributed by atoms with Gasteiger partial charge in [-0.25, -0.2) is 0 Å². The van der Waals surface area contributed by atoms with Crippen LogP contribution in [-0.2, 0) is 4.79 Å². The number of hydrogen-bond acceptors (Lipinski definition) is 3. The number of carbonyl (C=O) groups excluding carboxylic acids is 2. The predicted octanol–water partition coefficient (Wildman–Crippen LogP) is 2.38. The molecule has 1 heterocycles. The van der Waals surface area contributed by atoms with Crippen LogP contribution in [0.2, 0.25) is 0 Å². The smallest absolute Gasteiger partial charge is 0.251 e. The van der Waals surface area contributed by atoms with Crippen LogP contribution in [0.5, 0.6) is 0 Å². The molecule has 21 heavy (non-hydrogen) atoms. The first-order valence-corrected chi connectivity index (χ1v) is 7.11. The molecule has 0 fully saturated rings. The molecule has 2 rings (SSSR count). The largest absolute Gasteiger partial charge is 0.372 e. The number of amides is 2. The topological polar surface area (TPSA) is 70.2 Å². The number of nitrogens with one attached hydrogen (secondary N) is 3. The van der Waals surface area contributed by atoms with Crippen molar-refractivity contribution in [1.29, 1.82) is 0 Å². The summed E-state index contributed by atoms with van der Waals surface area (Å²) in [6, 6.07) is 5.03. The summed E-state index contributed by atoms with van der Waals surface area (Å²) in [6.07, 6.45) is 2.39. The number of benzene rings is 1. The van der Waals surface area contributed by atoms with Gasteiger partial charge in [0.1, 0.15) is 6.04 Å². The van der Waals surface area contributed by atoms with Crippen LogP contribution in [-0.4, -0.2) is 24.4 Å². The van der Waals surface area contributed by atoms with E-state index in [1.165, 1.54) is 0 Å². The van der Waals surface area contributed by atoms with E-state index in [4.69, 9.17) is 0 Å². The molecule has 5 heteroatoms. The van der Waals surface area contributed by atoms with E-state index in [9.17, 15) is 9.59 Å². The van der Waals surface area contributed by atoms with E-state index in [0.717, 1.165) is 12.1 Å². The first-order valence-electron chi connectivity index (χ1n) is 7.11. The van der Waals surface area contributed by atoms with Crippen LogP contribution in [0.3, 0.4) is 0 Å². The maximum absolute atomic E-state index is 12.1. The normalized spacial score (nSPS) is 16.7. The summed E-state index contributed by atoms with van der Waals surface area (Å²) in [5, 5.41) is 8.80. The molecule has 112 valence electrons. The average Bonchev–Trinajstić information content (AvgIpc) is 2.44. The van der Waals surface area contributed by atoms with Crippen LogP contribution < -0.4 is 16.0 Å². The zero-order valence-electron chi connectivity index (χ0n) is 12.4. The van der Waals surface area contributed by atoms with Crippen LogP contribution in [0.25, 0.3) is 0 Å². The van der Waals surface area contributed by atoms with Crippen molar-refractivity contribution >= 4 is 23.2 Å². The Morgan fingerprint density at radius 3 is 2.86 bits per heavy atom. The highest BCUT2D eigenvalue weighted by molar-refractivity contribution is 6.05. The Bertz CT molecular complexity index is 567. The van der Waals surface area contributed by atoms with Crippen molar-refractivity contribution in [3.05, 3.63) is 36.4 Å². The molecule has 3 N–H and O–H groups in total. The predicted molar refractivity (Wildman–Crippen MR) is 84.5 cm³/mol. The minimum atomic E-state index is -0.224. The maximum Gasteiger partial charge on any atom is 0.251 e. The highest BCUT2D eigenvalue weighted by Gasteiger charge is 2.26. The van der Waals surface area contributed by atoms with Crippen molar-refractivity contribution < 1.29 is 9.59 Å². The first-order chi connectivity index (χ1) is 10.0. The van der Waals surface area contributed by atoms with Gasteiger partial charge >= 0.3 is 0 Å². The van der Waals surface area contributed by atoms with Gasteiger partial charge in [-0.15, -0.1) is 6.58 Å². The summed E-state index contributed by atoms with van der Waals surface area (Å²) in [4.78, 5) is 23.9. The van der Waals surface area contributed by atoms with E-state index in [0.29, 0.717) is 23.7 Å². The highest BCUT2D eigenvalue weighted by atomic mass is 16.2. The lowest BCUT2D eigenvalue weighted by Gasteiger charge is -2.28. The van der Waals surface area contributed by atoms with Gasteiger partial charge in [-0.05, 0) is 30.5 Å². The van der Waals surface area contributed by atoms with Gasteiger partial charge in [-0.3, -0.25) is 9.59 Å². The number of carbonyl (C=O) groups is 2. The van der Waals surface area contributed by atoms with Crippen molar-refractivity contribution in [3.63, 3.8) is 0 Å². The number of anilines is 2. The fourth-order valence-electron chi connectivity index (χ4n) is 2.29. The second-order valence-electron chi connectivity index (χ2n) is 5.57. The van der Waals surface area contributed by atoms with Gasteiger partial charge in [0.25, 0.3) is 5.91 Å². The zero-order chi connectivity index (χ0) is 15.4. The van der Waals surface area contributed by atoms with E-state index in [-0.39, 0.29) is 17.9 Å². The van der Waals surface area contributed by atoms with Crippen molar-refractivity contribution in [1.82, 2.24) is 5.32 Å². The molecule has 0 spiro atoms. The minimum absolute atomic E-state index is 0.0557. The molecule has 1 aliphatic rings. The van der Waals surface area contributed by atoms with E-state index in [1.54, 1.807) is 18.2 Å². The number of fused-ring (bicyclic) bond motifs is 1. The second-order valence-corrected chi connectivity index (χ2v) is 5.57. The third-order valence-corrected chi connectivity index (χ3v) is 3.30. The van der Waals surface area contributed by atoms with Crippen LogP contribution in [0.4, 0.5) is 11.4 Å². The molecule has 1 atom stereocenters. The molecule has 0 saturated carbocycles. The van der Waals surface area contributed by atoms with Crippen molar-refractivity contribution in [3.8, 4) is 0 Å². The van der Waals surface area contributed by atoms with Crippen LogP contribution in [0.15, 0.2) is 30.9 Å². The molecule has 0 bridgehead atoms. The monoisotopic (exact) mass is 287 g/mol. The summed E-state index contributed by atoms with van der Waals surface area (Å²) >= 11 is 0. The van der Waals surface area contributed by atoms with Gasteiger partial charge < -0.3 is 16.0 Å². The fourth-order valence-corrected chi connectivity index (χ4v) is 2.29. The summed E-state index contributed by atoms with van der Waals surface area (Å²) < 4.78 is 0. The number of hydrogen-bond donors (Lipinski definition) is 3. The van der Waals surface area contributed by atoms with Crippen molar-refractivity contribution in [2.24, 2.45) is 5.92 Å². The lowest BCUT2D eigenvalue weighted by Crippen LogP contribution is -2.39. The summed E-state index contributed by atoms with van der Waals surface area (Å²) in [5.74, 6) is 0.190. The average molecular weight is 287 g/mol. The van der Waals surface area contributed by atoms with Crippen molar-refractivity contribution in [2.75, 3.05) is 17.2 Å². The zero-order valence-corrected chi connectivity index (χ0v) is 12.4. The number of rotatable bonds is 5. The van der Waals surface area contributed by atoms with Gasteiger partial charge in [-0.2, -0.15) is 0 Å². The Hall–Kier alpha value is -2.30. The molecule has 5 nitrogen and oxygen atoms in total. The van der Waals surface area contributed by atoms with Crippen molar-refractivity contribution in [2.45, 2.75) is 26.3 Å². The highest BCUT2D eigenvalue weighted by Crippen LogP contribution is 2.29. The first kappa shape index (κ1) is 15.1. The van der Waals surface area contributed by atoms with E-state index in [2.05, 4.69) is 36.4 Å².